The average Bonchev–Trinajstić information content (AvgIpc) is 2.26. The molecule has 1 aliphatic rings. The first kappa shape index (κ1) is 11.8. The molecule has 3 atom stereocenters. The second-order valence-electron chi connectivity index (χ2n) is 4.57. The number of rotatable bonds is 1. The molecule has 1 aromatic rings. The first-order valence-electron chi connectivity index (χ1n) is 5.21. The minimum Gasteiger partial charge on any atom is -0.545 e. The minimum absolute atomic E-state index is 0.398. The third-order valence-electron chi connectivity index (χ3n) is 3.22. The number of aromatic nitrogens is 1. The van der Waals surface area contributed by atoms with Gasteiger partial charge >= 0.3 is 0 Å². The van der Waals surface area contributed by atoms with Gasteiger partial charge in [0.2, 0.25) is 5.72 Å². The lowest BCUT2D eigenvalue weighted by molar-refractivity contribution is -0.806. The van der Waals surface area contributed by atoms with Crippen LogP contribution in [-0.4, -0.2) is 27.8 Å². The quantitative estimate of drug-likeness (QED) is 0.489. The van der Waals surface area contributed by atoms with Crippen molar-refractivity contribution in [2.24, 2.45) is 0 Å². The Morgan fingerprint density at radius 3 is 2.76 bits per heavy atom. The number of fused-ring (bicyclic) bond motifs is 1. The highest BCUT2D eigenvalue weighted by atomic mass is 16.4. The zero-order valence-corrected chi connectivity index (χ0v) is 9.54. The fourth-order valence-corrected chi connectivity index (χ4v) is 2.12. The van der Waals surface area contributed by atoms with Gasteiger partial charge in [0.25, 0.3) is 5.82 Å². The van der Waals surface area contributed by atoms with Crippen LogP contribution in [0.1, 0.15) is 13.8 Å². The maximum atomic E-state index is 11.1. The van der Waals surface area contributed by atoms with E-state index in [2.05, 4.69) is 5.32 Å². The molecule has 2 heterocycles. The number of carbonyl (C=O) groups excluding carboxylic acids is 1. The molecule has 0 bridgehead atoms. The zero-order valence-electron chi connectivity index (χ0n) is 9.54. The minimum atomic E-state index is -1.75. The van der Waals surface area contributed by atoms with Gasteiger partial charge in [0.15, 0.2) is 11.6 Å². The Labute approximate surface area is 98.1 Å². The Morgan fingerprint density at radius 1 is 1.53 bits per heavy atom. The second kappa shape index (κ2) is 3.41. The third kappa shape index (κ3) is 1.49. The SMILES string of the molecule is CC1(C(=O)[O-])Nc2cccc[n+]2C(C)(O)C1O. The van der Waals surface area contributed by atoms with Gasteiger partial charge in [-0.3, -0.25) is 5.32 Å². The van der Waals surface area contributed by atoms with Crippen molar-refractivity contribution in [2.75, 3.05) is 5.32 Å². The van der Waals surface area contributed by atoms with Gasteiger partial charge in [0, 0.05) is 13.0 Å². The summed E-state index contributed by atoms with van der Waals surface area (Å²) in [5.41, 5.74) is -3.47. The van der Waals surface area contributed by atoms with Crippen molar-refractivity contribution in [1.29, 1.82) is 0 Å². The van der Waals surface area contributed by atoms with Crippen LogP contribution in [0.5, 0.6) is 0 Å². The van der Waals surface area contributed by atoms with E-state index in [1.54, 1.807) is 24.4 Å². The van der Waals surface area contributed by atoms with Crippen LogP contribution in [0.2, 0.25) is 0 Å². The van der Waals surface area contributed by atoms with Crippen molar-refractivity contribution in [3.05, 3.63) is 24.4 Å². The standard InChI is InChI=1S/C11H14N2O4/c1-10(9(15)16)8(14)11(2,17)13-6-4-3-5-7(13)12-10/h3-6,8,14,17H,1-2H3,(H,15,16). The lowest BCUT2D eigenvalue weighted by Gasteiger charge is -2.43. The number of aliphatic carboxylic acids is 1. The summed E-state index contributed by atoms with van der Waals surface area (Å²) in [5, 5.41) is 34.1. The van der Waals surface area contributed by atoms with Crippen LogP contribution in [0.4, 0.5) is 5.82 Å². The molecule has 1 aliphatic heterocycles. The van der Waals surface area contributed by atoms with Crippen LogP contribution >= 0.6 is 0 Å². The fraction of sp³-hybridized carbons (Fsp3) is 0.455. The average molecular weight is 238 g/mol. The number of aliphatic hydroxyl groups is 2. The number of nitrogens with zero attached hydrogens (tertiary/aromatic N) is 1. The first-order chi connectivity index (χ1) is 7.80. The first-order valence-corrected chi connectivity index (χ1v) is 5.21. The molecular formula is C11H14N2O4. The molecule has 0 fully saturated rings. The van der Waals surface area contributed by atoms with E-state index < -0.39 is 23.3 Å². The molecule has 2 rings (SSSR count). The highest BCUT2D eigenvalue weighted by Gasteiger charge is 2.57. The number of carbonyl (C=O) groups is 1. The smallest absolute Gasteiger partial charge is 0.277 e. The largest absolute Gasteiger partial charge is 0.545 e. The molecule has 3 unspecified atom stereocenters. The Kier molecular flexibility index (Phi) is 2.37. The van der Waals surface area contributed by atoms with Gasteiger partial charge < -0.3 is 20.1 Å². The van der Waals surface area contributed by atoms with E-state index in [0.29, 0.717) is 5.82 Å². The van der Waals surface area contributed by atoms with Gasteiger partial charge in [-0.25, -0.2) is 4.57 Å². The van der Waals surface area contributed by atoms with E-state index in [4.69, 9.17) is 0 Å². The highest BCUT2D eigenvalue weighted by molar-refractivity contribution is 5.81. The zero-order chi connectivity index (χ0) is 12.8. The van der Waals surface area contributed by atoms with Crippen molar-refractivity contribution in [3.63, 3.8) is 0 Å². The summed E-state index contributed by atoms with van der Waals surface area (Å²) < 4.78 is 1.38. The molecule has 0 saturated heterocycles. The Hall–Kier alpha value is -1.66. The van der Waals surface area contributed by atoms with Gasteiger partial charge in [-0.2, -0.15) is 0 Å². The summed E-state index contributed by atoms with van der Waals surface area (Å²) >= 11 is 0. The van der Waals surface area contributed by atoms with Crippen molar-refractivity contribution in [2.45, 2.75) is 31.2 Å². The van der Waals surface area contributed by atoms with Crippen molar-refractivity contribution < 1.29 is 24.7 Å². The van der Waals surface area contributed by atoms with Crippen LogP contribution < -0.4 is 15.0 Å². The number of carboxylic acid groups (broad SMARTS) is 1. The number of nitrogens with one attached hydrogen (secondary N) is 1. The van der Waals surface area contributed by atoms with Crippen LogP contribution in [0, 0.1) is 0 Å². The van der Waals surface area contributed by atoms with Gasteiger partial charge in [0.1, 0.15) is 0 Å². The molecule has 0 saturated carbocycles. The molecule has 0 spiro atoms. The van der Waals surface area contributed by atoms with Crippen LogP contribution in [0.25, 0.3) is 0 Å². The van der Waals surface area contributed by atoms with Gasteiger partial charge in [0.05, 0.1) is 12.2 Å². The second-order valence-corrected chi connectivity index (χ2v) is 4.57. The molecule has 0 aromatic carbocycles. The highest BCUT2D eigenvalue weighted by Crippen LogP contribution is 2.29. The van der Waals surface area contributed by atoms with Gasteiger partial charge in [-0.1, -0.05) is 6.07 Å². The number of pyridine rings is 1. The van der Waals surface area contributed by atoms with Gasteiger partial charge in [-0.05, 0) is 13.0 Å². The van der Waals surface area contributed by atoms with E-state index in [1.807, 2.05) is 0 Å². The monoisotopic (exact) mass is 238 g/mol. The predicted molar refractivity (Wildman–Crippen MR) is 55.5 cm³/mol. The van der Waals surface area contributed by atoms with Crippen molar-refractivity contribution in [3.8, 4) is 0 Å². The van der Waals surface area contributed by atoms with Crippen LogP contribution in [0.3, 0.4) is 0 Å². The molecule has 6 heteroatoms. The van der Waals surface area contributed by atoms with E-state index >= 15 is 0 Å². The number of aliphatic hydroxyl groups excluding tert-OH is 1. The van der Waals surface area contributed by atoms with E-state index in [1.165, 1.54) is 18.4 Å². The third-order valence-corrected chi connectivity index (χ3v) is 3.22. The summed E-state index contributed by atoms with van der Waals surface area (Å²) in [4.78, 5) is 11.1. The number of hydrogen-bond donors (Lipinski definition) is 3. The Balaban J connectivity index is 2.62. The molecule has 92 valence electrons. The molecule has 0 aliphatic carbocycles. The molecule has 1 aromatic heterocycles. The molecule has 0 radical (unpaired) electrons. The van der Waals surface area contributed by atoms with E-state index in [9.17, 15) is 20.1 Å². The summed E-state index contributed by atoms with van der Waals surface area (Å²) in [7, 11) is 0. The maximum Gasteiger partial charge on any atom is 0.277 e. The van der Waals surface area contributed by atoms with Crippen molar-refractivity contribution in [1.82, 2.24) is 0 Å². The normalized spacial score (nSPS) is 35.9. The molecular weight excluding hydrogens is 224 g/mol. The van der Waals surface area contributed by atoms with E-state index in [-0.39, 0.29) is 0 Å². The lowest BCUT2D eigenvalue weighted by atomic mass is 9.85. The maximum absolute atomic E-state index is 11.1. The fourth-order valence-electron chi connectivity index (χ4n) is 2.12. The summed E-state index contributed by atoms with van der Waals surface area (Å²) in [5.74, 6) is -1.07. The Bertz CT molecular complexity index is 474. The predicted octanol–water partition coefficient (Wildman–Crippen LogP) is -2.07. The van der Waals surface area contributed by atoms with Gasteiger partial charge in [-0.15, -0.1) is 0 Å². The number of anilines is 1. The lowest BCUT2D eigenvalue weighted by Crippen LogP contribution is -2.77. The summed E-state index contributed by atoms with van der Waals surface area (Å²) in [6.45, 7) is 2.63. The van der Waals surface area contributed by atoms with Crippen molar-refractivity contribution >= 4 is 11.8 Å². The number of carboxylic acids is 1. The van der Waals surface area contributed by atoms with Crippen LogP contribution in [-0.2, 0) is 10.5 Å². The topological polar surface area (TPSA) is 96.5 Å². The van der Waals surface area contributed by atoms with Crippen LogP contribution in [0.15, 0.2) is 24.4 Å². The number of hydrogen-bond acceptors (Lipinski definition) is 5. The Morgan fingerprint density at radius 2 is 2.18 bits per heavy atom. The molecule has 6 nitrogen and oxygen atoms in total. The molecule has 17 heavy (non-hydrogen) atoms. The summed E-state index contributed by atoms with van der Waals surface area (Å²) in [6, 6.07) is 4.98. The molecule has 3 N–H and O–H groups in total. The molecule has 0 amide bonds. The summed E-state index contributed by atoms with van der Waals surface area (Å²) in [6.07, 6.45) is 0.0142. The van der Waals surface area contributed by atoms with E-state index in [0.717, 1.165) is 0 Å².